The maximum atomic E-state index is 5.62. The lowest BCUT2D eigenvalue weighted by atomic mass is 10.0. The van der Waals surface area contributed by atoms with Crippen molar-refractivity contribution in [3.05, 3.63) is 12.2 Å². The number of hydrogen-bond acceptors (Lipinski definition) is 1. The molecular weight excluding hydrogens is 170 g/mol. The Morgan fingerprint density at radius 2 is 1.57 bits per heavy atom. The molecule has 0 aromatic heterocycles. The van der Waals surface area contributed by atoms with Gasteiger partial charge in [-0.15, -0.1) is 0 Å². The highest BCUT2D eigenvalue weighted by Gasteiger charge is 1.98. The van der Waals surface area contributed by atoms with Crippen LogP contribution < -0.4 is 5.73 Å². The third-order valence-corrected chi connectivity index (χ3v) is 1.75. The third-order valence-electron chi connectivity index (χ3n) is 1.75. The molecule has 0 bridgehead atoms. The van der Waals surface area contributed by atoms with Crippen LogP contribution in [0.25, 0.3) is 0 Å². The van der Waals surface area contributed by atoms with Crippen LogP contribution in [-0.4, -0.2) is 6.04 Å². The zero-order valence-corrected chi connectivity index (χ0v) is 11.2. The zero-order valence-electron chi connectivity index (χ0n) is 11.2. The Hall–Kier alpha value is -0.300. The quantitative estimate of drug-likeness (QED) is 0.513. The van der Waals surface area contributed by atoms with Crippen LogP contribution in [0.1, 0.15) is 67.2 Å². The highest BCUT2D eigenvalue weighted by Crippen LogP contribution is 2.08. The number of rotatable bonds is 5. The van der Waals surface area contributed by atoms with Gasteiger partial charge in [-0.25, -0.2) is 0 Å². The van der Waals surface area contributed by atoms with Gasteiger partial charge in [0.1, 0.15) is 0 Å². The first-order valence-corrected chi connectivity index (χ1v) is 6.11. The fourth-order valence-corrected chi connectivity index (χ4v) is 0.830. The molecule has 14 heavy (non-hydrogen) atoms. The Kier molecular flexibility index (Phi) is 25.5. The molecule has 0 aliphatic carbocycles. The summed E-state index contributed by atoms with van der Waals surface area (Å²) in [5.74, 6) is 0. The second kappa shape index (κ2) is 18.5. The smallest absolute Gasteiger partial charge is 0.0222 e. The molecule has 1 nitrogen and oxygen atoms in total. The molecule has 0 aliphatic rings. The van der Waals surface area contributed by atoms with Gasteiger partial charge in [-0.05, 0) is 19.8 Å². The Morgan fingerprint density at radius 1 is 1.14 bits per heavy atom. The molecule has 0 fully saturated rings. The first-order chi connectivity index (χ1) is 6.68. The Balaban J connectivity index is -0.000000266. The van der Waals surface area contributed by atoms with Crippen molar-refractivity contribution in [1.82, 2.24) is 0 Å². The van der Waals surface area contributed by atoms with E-state index < -0.39 is 0 Å². The molecule has 0 aromatic rings. The SMILES string of the molecule is C=C(CCCCC)C(C)N.CC.CC. The van der Waals surface area contributed by atoms with Crippen LogP contribution in [0, 0.1) is 0 Å². The van der Waals surface area contributed by atoms with E-state index in [1.807, 2.05) is 34.6 Å². The summed E-state index contributed by atoms with van der Waals surface area (Å²) >= 11 is 0. The largest absolute Gasteiger partial charge is 0.324 e. The van der Waals surface area contributed by atoms with Gasteiger partial charge in [-0.2, -0.15) is 0 Å². The Morgan fingerprint density at radius 3 is 1.86 bits per heavy atom. The highest BCUT2D eigenvalue weighted by molar-refractivity contribution is 5.01. The molecule has 2 N–H and O–H groups in total. The molecule has 0 saturated heterocycles. The summed E-state index contributed by atoms with van der Waals surface area (Å²) in [5, 5.41) is 0. The molecule has 1 atom stereocenters. The van der Waals surface area contributed by atoms with Crippen molar-refractivity contribution in [3.63, 3.8) is 0 Å². The average molecular weight is 201 g/mol. The van der Waals surface area contributed by atoms with Crippen LogP contribution in [0.3, 0.4) is 0 Å². The molecule has 88 valence electrons. The van der Waals surface area contributed by atoms with Crippen molar-refractivity contribution in [3.8, 4) is 0 Å². The Labute approximate surface area is 91.8 Å². The molecule has 0 saturated carbocycles. The van der Waals surface area contributed by atoms with E-state index in [1.54, 1.807) is 0 Å². The number of unbranched alkanes of at least 4 members (excludes halogenated alkanes) is 2. The van der Waals surface area contributed by atoms with E-state index in [2.05, 4.69) is 13.5 Å². The summed E-state index contributed by atoms with van der Waals surface area (Å²) in [5.41, 5.74) is 6.81. The summed E-state index contributed by atoms with van der Waals surface area (Å²) in [4.78, 5) is 0. The van der Waals surface area contributed by atoms with Crippen molar-refractivity contribution in [1.29, 1.82) is 0 Å². The first kappa shape index (κ1) is 19.3. The van der Waals surface area contributed by atoms with Crippen molar-refractivity contribution < 1.29 is 0 Å². The molecule has 1 unspecified atom stereocenters. The van der Waals surface area contributed by atoms with Gasteiger partial charge in [0.2, 0.25) is 0 Å². The number of nitrogens with two attached hydrogens (primary N) is 1. The van der Waals surface area contributed by atoms with Gasteiger partial charge in [0, 0.05) is 6.04 Å². The lowest BCUT2D eigenvalue weighted by Gasteiger charge is -2.07. The molecule has 0 aromatic carbocycles. The molecular formula is C13H31N. The second-order valence-corrected chi connectivity index (χ2v) is 2.90. The fourth-order valence-electron chi connectivity index (χ4n) is 0.830. The Bertz CT molecular complexity index is 95.4. The van der Waals surface area contributed by atoms with Gasteiger partial charge < -0.3 is 5.73 Å². The van der Waals surface area contributed by atoms with E-state index >= 15 is 0 Å². The van der Waals surface area contributed by atoms with Crippen molar-refractivity contribution in [2.75, 3.05) is 0 Å². The van der Waals surface area contributed by atoms with E-state index in [0.29, 0.717) is 0 Å². The normalized spacial score (nSPS) is 10.2. The van der Waals surface area contributed by atoms with Gasteiger partial charge in [-0.3, -0.25) is 0 Å². The van der Waals surface area contributed by atoms with E-state index in [1.165, 1.54) is 24.8 Å². The molecule has 0 heterocycles. The van der Waals surface area contributed by atoms with Crippen LogP contribution in [0.5, 0.6) is 0 Å². The molecule has 1 heteroatoms. The topological polar surface area (TPSA) is 26.0 Å². The van der Waals surface area contributed by atoms with Gasteiger partial charge >= 0.3 is 0 Å². The standard InChI is InChI=1S/C9H19N.2C2H6/c1-4-5-6-7-8(2)9(3)10;2*1-2/h9H,2,4-7,10H2,1,3H3;2*1-2H3. The fraction of sp³-hybridized carbons (Fsp3) is 0.846. The van der Waals surface area contributed by atoms with Crippen LogP contribution in [0.2, 0.25) is 0 Å². The monoisotopic (exact) mass is 201 g/mol. The summed E-state index contributed by atoms with van der Waals surface area (Å²) in [6.07, 6.45) is 4.92. The van der Waals surface area contributed by atoms with E-state index in [4.69, 9.17) is 5.73 Å². The summed E-state index contributed by atoms with van der Waals surface area (Å²) in [6, 6.07) is 0.178. The molecule has 0 amide bonds. The molecule has 0 rings (SSSR count). The van der Waals surface area contributed by atoms with Crippen LogP contribution in [0.15, 0.2) is 12.2 Å². The maximum Gasteiger partial charge on any atom is 0.0222 e. The van der Waals surface area contributed by atoms with Gasteiger partial charge in [0.25, 0.3) is 0 Å². The summed E-state index contributed by atoms with van der Waals surface area (Å²) in [7, 11) is 0. The molecule has 0 aliphatic heterocycles. The summed E-state index contributed by atoms with van der Waals surface area (Å²) < 4.78 is 0. The van der Waals surface area contributed by atoms with Crippen molar-refractivity contribution in [2.45, 2.75) is 73.3 Å². The van der Waals surface area contributed by atoms with Gasteiger partial charge in [-0.1, -0.05) is 59.6 Å². The summed E-state index contributed by atoms with van der Waals surface area (Å²) in [6.45, 7) is 16.1. The van der Waals surface area contributed by atoms with Crippen molar-refractivity contribution in [2.24, 2.45) is 5.73 Å². The predicted molar refractivity (Wildman–Crippen MR) is 69.6 cm³/mol. The van der Waals surface area contributed by atoms with Crippen LogP contribution in [0.4, 0.5) is 0 Å². The minimum Gasteiger partial charge on any atom is -0.324 e. The predicted octanol–water partition coefficient (Wildman–Crippen LogP) is 4.52. The van der Waals surface area contributed by atoms with E-state index in [9.17, 15) is 0 Å². The van der Waals surface area contributed by atoms with Gasteiger partial charge in [0.05, 0.1) is 0 Å². The van der Waals surface area contributed by atoms with Crippen molar-refractivity contribution >= 4 is 0 Å². The third kappa shape index (κ3) is 17.7. The maximum absolute atomic E-state index is 5.62. The number of hydrogen-bond donors (Lipinski definition) is 1. The lowest BCUT2D eigenvalue weighted by Crippen LogP contribution is -2.16. The van der Waals surface area contributed by atoms with Gasteiger partial charge in [0.15, 0.2) is 0 Å². The highest BCUT2D eigenvalue weighted by atomic mass is 14.6. The van der Waals surface area contributed by atoms with Crippen LogP contribution in [-0.2, 0) is 0 Å². The second-order valence-electron chi connectivity index (χ2n) is 2.90. The van der Waals surface area contributed by atoms with E-state index in [0.717, 1.165) is 6.42 Å². The minimum absolute atomic E-state index is 0.178. The first-order valence-electron chi connectivity index (χ1n) is 6.11. The zero-order chi connectivity index (χ0) is 12.0. The molecule has 0 radical (unpaired) electrons. The molecule has 0 spiro atoms. The van der Waals surface area contributed by atoms with E-state index in [-0.39, 0.29) is 6.04 Å². The van der Waals surface area contributed by atoms with Crippen LogP contribution >= 0.6 is 0 Å². The average Bonchev–Trinajstić information content (AvgIpc) is 2.24. The minimum atomic E-state index is 0.178. The lowest BCUT2D eigenvalue weighted by molar-refractivity contribution is 0.680.